The third-order valence-corrected chi connectivity index (χ3v) is 4.62. The zero-order valence-electron chi connectivity index (χ0n) is 13.3. The summed E-state index contributed by atoms with van der Waals surface area (Å²) in [5.41, 5.74) is 3.01. The van der Waals surface area contributed by atoms with Crippen molar-refractivity contribution in [1.82, 2.24) is 9.78 Å². The van der Waals surface area contributed by atoms with Gasteiger partial charge in [-0.05, 0) is 29.8 Å². The van der Waals surface area contributed by atoms with Crippen LogP contribution in [0.4, 0.5) is 4.39 Å². The number of allylic oxidation sites excluding steroid dienone is 1. The SMILES string of the molecule is C=CCn1cc(-c2ccc(F)cc2)c(-c2ccc(S(N)(=O)=O)cc2)n1. The van der Waals surface area contributed by atoms with E-state index in [4.69, 9.17) is 5.14 Å². The number of nitrogens with zero attached hydrogens (tertiary/aromatic N) is 2. The summed E-state index contributed by atoms with van der Waals surface area (Å²) in [5.74, 6) is -0.318. The van der Waals surface area contributed by atoms with E-state index >= 15 is 0 Å². The Labute approximate surface area is 145 Å². The maximum Gasteiger partial charge on any atom is 0.238 e. The van der Waals surface area contributed by atoms with Gasteiger partial charge in [0.15, 0.2) is 0 Å². The molecule has 5 nitrogen and oxygen atoms in total. The van der Waals surface area contributed by atoms with Gasteiger partial charge in [-0.15, -0.1) is 6.58 Å². The summed E-state index contributed by atoms with van der Waals surface area (Å²) in [6.45, 7) is 4.22. The normalized spacial score (nSPS) is 11.4. The van der Waals surface area contributed by atoms with Crippen molar-refractivity contribution in [2.75, 3.05) is 0 Å². The van der Waals surface area contributed by atoms with Gasteiger partial charge in [0.05, 0.1) is 11.4 Å². The molecule has 0 unspecified atom stereocenters. The third-order valence-electron chi connectivity index (χ3n) is 3.69. The summed E-state index contributed by atoms with van der Waals surface area (Å²) in [4.78, 5) is 0.0325. The van der Waals surface area contributed by atoms with Crippen LogP contribution in [0.3, 0.4) is 0 Å². The Balaban J connectivity index is 2.11. The van der Waals surface area contributed by atoms with Crippen LogP contribution in [0.25, 0.3) is 22.4 Å². The van der Waals surface area contributed by atoms with Gasteiger partial charge in [-0.2, -0.15) is 5.10 Å². The summed E-state index contributed by atoms with van der Waals surface area (Å²) in [6, 6.07) is 12.3. The number of halogens is 1. The molecule has 0 aliphatic heterocycles. The van der Waals surface area contributed by atoms with Crippen LogP contribution in [0, 0.1) is 5.82 Å². The van der Waals surface area contributed by atoms with Crippen LogP contribution < -0.4 is 5.14 Å². The molecule has 3 rings (SSSR count). The number of benzene rings is 2. The second-order valence-electron chi connectivity index (χ2n) is 5.48. The Morgan fingerprint density at radius 3 is 2.24 bits per heavy atom. The quantitative estimate of drug-likeness (QED) is 0.712. The van der Waals surface area contributed by atoms with E-state index in [1.807, 2.05) is 6.20 Å². The highest BCUT2D eigenvalue weighted by Crippen LogP contribution is 2.31. The lowest BCUT2D eigenvalue weighted by Gasteiger charge is -2.04. The second-order valence-corrected chi connectivity index (χ2v) is 7.04. The van der Waals surface area contributed by atoms with E-state index in [1.54, 1.807) is 35.0 Å². The summed E-state index contributed by atoms with van der Waals surface area (Å²) >= 11 is 0. The molecular formula is C18H16FN3O2S. The van der Waals surface area contributed by atoms with Crippen molar-refractivity contribution in [2.24, 2.45) is 5.14 Å². The molecule has 2 N–H and O–H groups in total. The van der Waals surface area contributed by atoms with Gasteiger partial charge in [-0.25, -0.2) is 17.9 Å². The molecule has 0 aliphatic carbocycles. The molecule has 2 aromatic carbocycles. The summed E-state index contributed by atoms with van der Waals surface area (Å²) < 4.78 is 37.7. The van der Waals surface area contributed by atoms with Crippen molar-refractivity contribution in [3.8, 4) is 22.4 Å². The number of rotatable bonds is 5. The van der Waals surface area contributed by atoms with E-state index < -0.39 is 10.0 Å². The Morgan fingerprint density at radius 1 is 1.08 bits per heavy atom. The van der Waals surface area contributed by atoms with Gasteiger partial charge in [0.25, 0.3) is 0 Å². The lowest BCUT2D eigenvalue weighted by atomic mass is 10.0. The number of hydrogen-bond acceptors (Lipinski definition) is 3. The second kappa shape index (κ2) is 6.62. The van der Waals surface area contributed by atoms with E-state index in [-0.39, 0.29) is 10.7 Å². The maximum absolute atomic E-state index is 13.2. The topological polar surface area (TPSA) is 78.0 Å². The average molecular weight is 357 g/mol. The molecule has 128 valence electrons. The van der Waals surface area contributed by atoms with E-state index in [9.17, 15) is 12.8 Å². The first kappa shape index (κ1) is 17.1. The lowest BCUT2D eigenvalue weighted by Crippen LogP contribution is -2.11. The van der Waals surface area contributed by atoms with Crippen molar-refractivity contribution < 1.29 is 12.8 Å². The predicted molar refractivity (Wildman–Crippen MR) is 94.6 cm³/mol. The van der Waals surface area contributed by atoms with Crippen LogP contribution in [-0.4, -0.2) is 18.2 Å². The van der Waals surface area contributed by atoms with Crippen molar-refractivity contribution in [1.29, 1.82) is 0 Å². The van der Waals surface area contributed by atoms with Crippen molar-refractivity contribution in [3.63, 3.8) is 0 Å². The van der Waals surface area contributed by atoms with Gasteiger partial charge in [0, 0.05) is 17.3 Å². The highest BCUT2D eigenvalue weighted by molar-refractivity contribution is 7.89. The average Bonchev–Trinajstić information content (AvgIpc) is 2.99. The molecule has 0 atom stereocenters. The lowest BCUT2D eigenvalue weighted by molar-refractivity contribution is 0.598. The first-order chi connectivity index (χ1) is 11.9. The molecule has 0 spiro atoms. The molecule has 1 heterocycles. The predicted octanol–water partition coefficient (Wildman–Crippen LogP) is 3.19. The molecule has 0 saturated carbocycles. The standard InChI is InChI=1S/C18H16FN3O2S/c1-2-11-22-12-17(13-3-7-15(19)8-4-13)18(21-22)14-5-9-16(10-6-14)25(20,23)24/h2-10,12H,1,11H2,(H2,20,23,24). The maximum atomic E-state index is 13.2. The van der Waals surface area contributed by atoms with E-state index in [0.29, 0.717) is 12.2 Å². The van der Waals surface area contributed by atoms with Crippen LogP contribution in [-0.2, 0) is 16.6 Å². The molecule has 7 heteroatoms. The molecule has 3 aromatic rings. The summed E-state index contributed by atoms with van der Waals surface area (Å²) in [5, 5.41) is 9.66. The molecule has 25 heavy (non-hydrogen) atoms. The van der Waals surface area contributed by atoms with E-state index in [1.165, 1.54) is 24.3 Å². The van der Waals surface area contributed by atoms with Crippen molar-refractivity contribution >= 4 is 10.0 Å². The fourth-order valence-electron chi connectivity index (χ4n) is 2.50. The van der Waals surface area contributed by atoms with Crippen molar-refractivity contribution in [3.05, 3.63) is 73.2 Å². The Morgan fingerprint density at radius 2 is 1.68 bits per heavy atom. The molecule has 0 radical (unpaired) electrons. The minimum atomic E-state index is -3.75. The molecule has 0 bridgehead atoms. The van der Waals surface area contributed by atoms with Gasteiger partial charge in [-0.3, -0.25) is 4.68 Å². The zero-order valence-corrected chi connectivity index (χ0v) is 14.1. The van der Waals surface area contributed by atoms with Crippen LogP contribution in [0.1, 0.15) is 0 Å². The highest BCUT2D eigenvalue weighted by Gasteiger charge is 2.14. The highest BCUT2D eigenvalue weighted by atomic mass is 32.2. The van der Waals surface area contributed by atoms with Gasteiger partial charge in [0.2, 0.25) is 10.0 Å². The third kappa shape index (κ3) is 3.67. The van der Waals surface area contributed by atoms with Crippen LogP contribution in [0.15, 0.2) is 72.3 Å². The number of primary sulfonamides is 1. The number of hydrogen-bond donors (Lipinski definition) is 1. The van der Waals surface area contributed by atoms with Crippen molar-refractivity contribution in [2.45, 2.75) is 11.4 Å². The molecule has 0 amide bonds. The molecular weight excluding hydrogens is 341 g/mol. The summed E-state index contributed by atoms with van der Waals surface area (Å²) in [7, 11) is -3.75. The van der Waals surface area contributed by atoms with Gasteiger partial charge in [-0.1, -0.05) is 30.3 Å². The monoisotopic (exact) mass is 357 g/mol. The molecule has 0 aliphatic rings. The Bertz CT molecular complexity index is 1010. The fraction of sp³-hybridized carbons (Fsp3) is 0.0556. The Kier molecular flexibility index (Phi) is 4.52. The largest absolute Gasteiger partial charge is 0.268 e. The molecule has 1 aromatic heterocycles. The van der Waals surface area contributed by atoms with Gasteiger partial charge >= 0.3 is 0 Å². The fourth-order valence-corrected chi connectivity index (χ4v) is 3.02. The van der Waals surface area contributed by atoms with Crippen LogP contribution in [0.5, 0.6) is 0 Å². The number of sulfonamides is 1. The zero-order chi connectivity index (χ0) is 18.0. The Hall–Kier alpha value is -2.77. The van der Waals surface area contributed by atoms with Crippen LogP contribution >= 0.6 is 0 Å². The summed E-state index contributed by atoms with van der Waals surface area (Å²) in [6.07, 6.45) is 3.56. The number of aromatic nitrogens is 2. The molecule has 0 fully saturated rings. The van der Waals surface area contributed by atoms with Gasteiger partial charge in [0.1, 0.15) is 11.5 Å². The first-order valence-electron chi connectivity index (χ1n) is 7.46. The number of nitrogens with two attached hydrogens (primary N) is 1. The van der Waals surface area contributed by atoms with E-state index in [0.717, 1.165) is 16.7 Å². The van der Waals surface area contributed by atoms with Gasteiger partial charge < -0.3 is 0 Å². The smallest absolute Gasteiger partial charge is 0.238 e. The molecule has 0 saturated heterocycles. The minimum Gasteiger partial charge on any atom is -0.268 e. The van der Waals surface area contributed by atoms with Crippen LogP contribution in [0.2, 0.25) is 0 Å². The minimum absolute atomic E-state index is 0.0325. The van der Waals surface area contributed by atoms with E-state index in [2.05, 4.69) is 11.7 Å². The first-order valence-corrected chi connectivity index (χ1v) is 9.00.